The third-order valence-corrected chi connectivity index (χ3v) is 5.05. The highest BCUT2D eigenvalue weighted by Gasteiger charge is 2.32. The van der Waals surface area contributed by atoms with Gasteiger partial charge in [-0.1, -0.05) is 42.0 Å². The fraction of sp³-hybridized carbons (Fsp3) is 0.364. The largest absolute Gasteiger partial charge is 0.353 e. The number of piperazine rings is 1. The lowest BCUT2D eigenvalue weighted by atomic mass is 10.1. The SMILES string of the molecule is Cc1ccc(CN(C)C(=O)CC2C(=O)NCCN2Cc2cccc(F)c2)cc1. The van der Waals surface area contributed by atoms with Gasteiger partial charge in [-0.2, -0.15) is 0 Å². The Morgan fingerprint density at radius 1 is 1.21 bits per heavy atom. The van der Waals surface area contributed by atoms with E-state index in [0.717, 1.165) is 11.1 Å². The van der Waals surface area contributed by atoms with Gasteiger partial charge in [0.05, 0.1) is 12.5 Å². The first-order valence-electron chi connectivity index (χ1n) is 9.48. The molecule has 1 heterocycles. The van der Waals surface area contributed by atoms with Crippen molar-refractivity contribution < 1.29 is 14.0 Å². The second kappa shape index (κ2) is 8.97. The second-order valence-electron chi connectivity index (χ2n) is 7.35. The van der Waals surface area contributed by atoms with E-state index in [9.17, 15) is 14.0 Å². The normalized spacial score (nSPS) is 17.2. The van der Waals surface area contributed by atoms with Crippen LogP contribution in [0.2, 0.25) is 0 Å². The van der Waals surface area contributed by atoms with Gasteiger partial charge in [-0.15, -0.1) is 0 Å². The molecule has 1 unspecified atom stereocenters. The average molecular weight is 383 g/mol. The summed E-state index contributed by atoms with van der Waals surface area (Å²) in [7, 11) is 1.75. The van der Waals surface area contributed by atoms with Crippen molar-refractivity contribution in [2.24, 2.45) is 0 Å². The van der Waals surface area contributed by atoms with Crippen LogP contribution in [0, 0.1) is 12.7 Å². The number of halogens is 1. The van der Waals surface area contributed by atoms with E-state index >= 15 is 0 Å². The lowest BCUT2D eigenvalue weighted by Gasteiger charge is -2.35. The van der Waals surface area contributed by atoms with Crippen LogP contribution in [0.3, 0.4) is 0 Å². The molecule has 0 aliphatic carbocycles. The van der Waals surface area contributed by atoms with Crippen molar-refractivity contribution in [3.63, 3.8) is 0 Å². The third kappa shape index (κ3) is 5.16. The lowest BCUT2D eigenvalue weighted by Crippen LogP contribution is -2.56. The van der Waals surface area contributed by atoms with Gasteiger partial charge in [0, 0.05) is 33.2 Å². The summed E-state index contributed by atoms with van der Waals surface area (Å²) < 4.78 is 13.5. The number of amides is 2. The van der Waals surface area contributed by atoms with E-state index in [1.54, 1.807) is 18.0 Å². The van der Waals surface area contributed by atoms with Crippen molar-refractivity contribution in [3.05, 3.63) is 71.0 Å². The molecule has 0 saturated carbocycles. The number of rotatable bonds is 6. The summed E-state index contributed by atoms with van der Waals surface area (Å²) >= 11 is 0. The Morgan fingerprint density at radius 3 is 2.68 bits per heavy atom. The summed E-state index contributed by atoms with van der Waals surface area (Å²) in [5, 5.41) is 2.83. The van der Waals surface area contributed by atoms with Crippen LogP contribution in [0.4, 0.5) is 4.39 Å². The summed E-state index contributed by atoms with van der Waals surface area (Å²) in [6.07, 6.45) is 0.101. The quantitative estimate of drug-likeness (QED) is 0.834. The van der Waals surface area contributed by atoms with E-state index in [-0.39, 0.29) is 24.1 Å². The molecule has 28 heavy (non-hydrogen) atoms. The van der Waals surface area contributed by atoms with Crippen LogP contribution in [0.5, 0.6) is 0 Å². The number of aryl methyl sites for hydroxylation is 1. The molecule has 148 valence electrons. The minimum absolute atomic E-state index is 0.0909. The van der Waals surface area contributed by atoms with Gasteiger partial charge in [0.25, 0.3) is 0 Å². The maximum Gasteiger partial charge on any atom is 0.237 e. The van der Waals surface area contributed by atoms with Gasteiger partial charge in [-0.05, 0) is 30.2 Å². The molecule has 0 spiro atoms. The predicted octanol–water partition coefficient (Wildman–Crippen LogP) is 2.48. The van der Waals surface area contributed by atoms with Crippen LogP contribution >= 0.6 is 0 Å². The molecule has 5 nitrogen and oxygen atoms in total. The Hall–Kier alpha value is -2.73. The minimum atomic E-state index is -0.551. The molecule has 1 atom stereocenters. The molecule has 1 aliphatic rings. The zero-order valence-corrected chi connectivity index (χ0v) is 16.3. The van der Waals surface area contributed by atoms with Crippen molar-refractivity contribution in [1.29, 1.82) is 0 Å². The molecule has 3 rings (SSSR count). The van der Waals surface area contributed by atoms with E-state index in [0.29, 0.717) is 26.2 Å². The fourth-order valence-corrected chi connectivity index (χ4v) is 3.42. The summed E-state index contributed by atoms with van der Waals surface area (Å²) in [5.74, 6) is -0.545. The molecule has 1 N–H and O–H groups in total. The molecular formula is C22H26FN3O2. The van der Waals surface area contributed by atoms with E-state index < -0.39 is 6.04 Å². The average Bonchev–Trinajstić information content (AvgIpc) is 2.66. The lowest BCUT2D eigenvalue weighted by molar-refractivity contribution is -0.138. The fourth-order valence-electron chi connectivity index (χ4n) is 3.42. The summed E-state index contributed by atoms with van der Waals surface area (Å²) in [6.45, 7) is 4.11. The number of carbonyl (C=O) groups is 2. The first kappa shape index (κ1) is 20.0. The highest BCUT2D eigenvalue weighted by molar-refractivity contribution is 5.88. The number of benzene rings is 2. The zero-order valence-electron chi connectivity index (χ0n) is 16.3. The van der Waals surface area contributed by atoms with Gasteiger partial charge in [0.15, 0.2) is 0 Å². The Kier molecular flexibility index (Phi) is 6.41. The van der Waals surface area contributed by atoms with Crippen LogP contribution in [0.1, 0.15) is 23.1 Å². The van der Waals surface area contributed by atoms with Crippen molar-refractivity contribution in [1.82, 2.24) is 15.1 Å². The van der Waals surface area contributed by atoms with Gasteiger partial charge in [0.1, 0.15) is 5.82 Å². The molecule has 2 amide bonds. The summed E-state index contributed by atoms with van der Waals surface area (Å²) in [6, 6.07) is 13.8. The molecule has 0 bridgehead atoms. The highest BCUT2D eigenvalue weighted by atomic mass is 19.1. The smallest absolute Gasteiger partial charge is 0.237 e. The Bertz CT molecular complexity index is 838. The molecule has 2 aromatic carbocycles. The van der Waals surface area contributed by atoms with Crippen LogP contribution in [-0.2, 0) is 22.7 Å². The van der Waals surface area contributed by atoms with Gasteiger partial charge in [0.2, 0.25) is 11.8 Å². The number of hydrogen-bond donors (Lipinski definition) is 1. The summed E-state index contributed by atoms with van der Waals surface area (Å²) in [4.78, 5) is 28.8. The molecule has 1 saturated heterocycles. The van der Waals surface area contributed by atoms with Crippen LogP contribution in [-0.4, -0.2) is 47.8 Å². The number of hydrogen-bond acceptors (Lipinski definition) is 3. The van der Waals surface area contributed by atoms with E-state index in [1.807, 2.05) is 42.2 Å². The Morgan fingerprint density at radius 2 is 1.96 bits per heavy atom. The molecular weight excluding hydrogens is 357 g/mol. The summed E-state index contributed by atoms with van der Waals surface area (Å²) in [5.41, 5.74) is 3.01. The van der Waals surface area contributed by atoms with E-state index in [4.69, 9.17) is 0 Å². The monoisotopic (exact) mass is 383 g/mol. The molecule has 6 heteroatoms. The van der Waals surface area contributed by atoms with Crippen molar-refractivity contribution >= 4 is 11.8 Å². The second-order valence-corrected chi connectivity index (χ2v) is 7.35. The maximum atomic E-state index is 13.5. The van der Waals surface area contributed by atoms with Gasteiger partial charge in [-0.25, -0.2) is 4.39 Å². The van der Waals surface area contributed by atoms with Crippen molar-refractivity contribution in [2.45, 2.75) is 32.5 Å². The number of carbonyl (C=O) groups excluding carboxylic acids is 2. The van der Waals surface area contributed by atoms with Crippen molar-refractivity contribution in [3.8, 4) is 0 Å². The topological polar surface area (TPSA) is 52.7 Å². The third-order valence-electron chi connectivity index (χ3n) is 5.05. The molecule has 2 aromatic rings. The highest BCUT2D eigenvalue weighted by Crippen LogP contribution is 2.16. The first-order valence-corrected chi connectivity index (χ1v) is 9.48. The molecule has 0 radical (unpaired) electrons. The van der Waals surface area contributed by atoms with Gasteiger partial charge in [-0.3, -0.25) is 14.5 Å². The van der Waals surface area contributed by atoms with Crippen LogP contribution in [0.15, 0.2) is 48.5 Å². The van der Waals surface area contributed by atoms with Crippen molar-refractivity contribution in [2.75, 3.05) is 20.1 Å². The zero-order chi connectivity index (χ0) is 20.1. The standard InChI is InChI=1S/C22H26FN3O2/c1-16-6-8-17(9-7-16)14-25(2)21(27)13-20-22(28)24-10-11-26(20)15-18-4-3-5-19(23)12-18/h3-9,12,20H,10-11,13-15H2,1-2H3,(H,24,28). The predicted molar refractivity (Wildman–Crippen MR) is 106 cm³/mol. The molecule has 1 fully saturated rings. The number of nitrogens with one attached hydrogen (secondary N) is 1. The Balaban J connectivity index is 1.65. The van der Waals surface area contributed by atoms with Crippen LogP contribution < -0.4 is 5.32 Å². The maximum absolute atomic E-state index is 13.5. The van der Waals surface area contributed by atoms with E-state index in [2.05, 4.69) is 5.32 Å². The van der Waals surface area contributed by atoms with E-state index in [1.165, 1.54) is 17.7 Å². The number of nitrogens with zero attached hydrogens (tertiary/aromatic N) is 2. The van der Waals surface area contributed by atoms with Gasteiger partial charge >= 0.3 is 0 Å². The minimum Gasteiger partial charge on any atom is -0.353 e. The van der Waals surface area contributed by atoms with Crippen LogP contribution in [0.25, 0.3) is 0 Å². The Labute approximate surface area is 165 Å². The molecule has 0 aromatic heterocycles. The van der Waals surface area contributed by atoms with Gasteiger partial charge < -0.3 is 10.2 Å². The molecule has 1 aliphatic heterocycles. The first-order chi connectivity index (χ1) is 13.4.